The lowest BCUT2D eigenvalue weighted by atomic mass is 9.77. The van der Waals surface area contributed by atoms with Gasteiger partial charge in [-0.15, -0.1) is 25.6 Å². The highest BCUT2D eigenvalue weighted by atomic mass is 35.5. The fraction of sp³-hybridized carbons (Fsp3) is 0.455. The Balaban J connectivity index is 0.00000289. The number of anilines is 1. The third kappa shape index (κ3) is 5.50. The molecule has 1 aliphatic carbocycles. The second kappa shape index (κ2) is 9.49. The lowest BCUT2D eigenvalue weighted by molar-refractivity contribution is -0.274. The minimum absolute atomic E-state index is 0. The van der Waals surface area contributed by atoms with Crippen molar-refractivity contribution in [2.75, 3.05) is 24.4 Å². The van der Waals surface area contributed by atoms with Crippen LogP contribution >= 0.6 is 12.4 Å². The minimum atomic E-state index is -4.83. The van der Waals surface area contributed by atoms with Crippen LogP contribution in [0.5, 0.6) is 5.75 Å². The Hall–Kier alpha value is -1.97. The van der Waals surface area contributed by atoms with Gasteiger partial charge in [-0.25, -0.2) is 8.42 Å². The van der Waals surface area contributed by atoms with E-state index in [1.165, 1.54) is 5.56 Å². The molecule has 0 saturated carbocycles. The number of halogens is 4. The Morgan fingerprint density at radius 3 is 2.50 bits per heavy atom. The van der Waals surface area contributed by atoms with Gasteiger partial charge in [-0.3, -0.25) is 4.72 Å². The van der Waals surface area contributed by atoms with Gasteiger partial charge in [0, 0.05) is 24.7 Å². The molecule has 2 aromatic carbocycles. The molecule has 1 heterocycles. The van der Waals surface area contributed by atoms with E-state index < -0.39 is 22.1 Å². The summed E-state index contributed by atoms with van der Waals surface area (Å²) in [6.07, 6.45) is -1.69. The lowest BCUT2D eigenvalue weighted by Gasteiger charge is -2.28. The Bertz CT molecular complexity index is 1050. The second-order valence-electron chi connectivity index (χ2n) is 8.20. The highest BCUT2D eigenvalue weighted by Gasteiger charge is 2.37. The number of hydrogen-bond acceptors (Lipinski definition) is 4. The molecule has 4 rings (SSSR count). The molecular formula is C22H26ClF3N2O3S. The van der Waals surface area contributed by atoms with Crippen molar-refractivity contribution in [3.05, 3.63) is 53.6 Å². The molecule has 10 heteroatoms. The first-order chi connectivity index (χ1) is 14.6. The van der Waals surface area contributed by atoms with E-state index in [2.05, 4.69) is 21.3 Å². The van der Waals surface area contributed by atoms with Crippen molar-refractivity contribution in [2.24, 2.45) is 5.92 Å². The van der Waals surface area contributed by atoms with Crippen molar-refractivity contribution < 1.29 is 26.3 Å². The number of ether oxygens (including phenoxy) is 1. The maximum Gasteiger partial charge on any atom is 0.573 e. The molecule has 32 heavy (non-hydrogen) atoms. The zero-order valence-electron chi connectivity index (χ0n) is 17.6. The topological polar surface area (TPSA) is 58.6 Å². The third-order valence-electron chi connectivity index (χ3n) is 6.00. The molecule has 0 spiro atoms. The quantitative estimate of drug-likeness (QED) is 0.606. The number of rotatable bonds is 6. The molecule has 5 nitrogen and oxygen atoms in total. The molecule has 1 N–H and O–H groups in total. The first-order valence-corrected chi connectivity index (χ1v) is 11.9. The summed E-state index contributed by atoms with van der Waals surface area (Å²) in [5.74, 6) is 0.671. The summed E-state index contributed by atoms with van der Waals surface area (Å²) in [6.45, 7) is 5.46. The number of aryl methyl sites for hydroxylation is 1. The number of hydrogen-bond donors (Lipinski definition) is 1. The number of alkyl halides is 3. The summed E-state index contributed by atoms with van der Waals surface area (Å²) in [5, 5.41) is 0. The van der Waals surface area contributed by atoms with Crippen LogP contribution in [0.25, 0.3) is 0 Å². The van der Waals surface area contributed by atoms with Crippen LogP contribution in [0.3, 0.4) is 0 Å². The van der Waals surface area contributed by atoms with Gasteiger partial charge in [-0.2, -0.15) is 0 Å². The summed E-state index contributed by atoms with van der Waals surface area (Å²) >= 11 is 0. The van der Waals surface area contributed by atoms with E-state index >= 15 is 0 Å². The monoisotopic (exact) mass is 490 g/mol. The maximum atomic E-state index is 12.7. The zero-order valence-corrected chi connectivity index (χ0v) is 19.2. The average Bonchev–Trinajstić information content (AvgIpc) is 3.10. The highest BCUT2D eigenvalue weighted by molar-refractivity contribution is 7.92. The number of likely N-dealkylation sites (tertiary alicyclic amines) is 1. The third-order valence-corrected chi connectivity index (χ3v) is 7.40. The molecule has 176 valence electrons. The van der Waals surface area contributed by atoms with E-state index in [0.29, 0.717) is 17.5 Å². The molecule has 2 atom stereocenters. The van der Waals surface area contributed by atoms with E-state index in [9.17, 15) is 21.6 Å². The molecule has 0 amide bonds. The summed E-state index contributed by atoms with van der Waals surface area (Å²) in [6, 6.07) is 9.81. The van der Waals surface area contributed by atoms with E-state index in [0.717, 1.165) is 68.7 Å². The standard InChI is InChI=1S/C22H25F3N2O3S.ClH/c1-2-11-27-13-16-4-3-15-12-17(5-10-20(15)21(16)14-27)26-31(28,29)19-8-6-18(7-9-19)30-22(23,24)25;/h5-10,12,16,21,26H,2-4,11,13-14H2,1H3;1H. The van der Waals surface area contributed by atoms with Crippen LogP contribution in [-0.2, 0) is 16.4 Å². The van der Waals surface area contributed by atoms with Gasteiger partial charge in [0.1, 0.15) is 5.75 Å². The molecule has 1 aliphatic heterocycles. The van der Waals surface area contributed by atoms with Gasteiger partial charge in [0.2, 0.25) is 0 Å². The Morgan fingerprint density at radius 2 is 1.84 bits per heavy atom. The molecule has 2 aliphatic rings. The average molecular weight is 491 g/mol. The largest absolute Gasteiger partial charge is 0.573 e. The fourth-order valence-corrected chi connectivity index (χ4v) is 5.78. The van der Waals surface area contributed by atoms with Crippen molar-refractivity contribution in [1.82, 2.24) is 4.90 Å². The van der Waals surface area contributed by atoms with Crippen LogP contribution in [0.15, 0.2) is 47.4 Å². The van der Waals surface area contributed by atoms with Crippen LogP contribution in [0.4, 0.5) is 18.9 Å². The first-order valence-electron chi connectivity index (χ1n) is 10.4. The predicted octanol–water partition coefficient (Wildman–Crippen LogP) is 5.18. The van der Waals surface area contributed by atoms with Crippen LogP contribution < -0.4 is 9.46 Å². The van der Waals surface area contributed by atoms with Gasteiger partial charge in [0.05, 0.1) is 4.90 Å². The van der Waals surface area contributed by atoms with Crippen molar-refractivity contribution in [2.45, 2.75) is 43.4 Å². The Labute approximate surface area is 192 Å². The summed E-state index contributed by atoms with van der Waals surface area (Å²) < 4.78 is 68.6. The summed E-state index contributed by atoms with van der Waals surface area (Å²) in [5.41, 5.74) is 2.91. The van der Waals surface area contributed by atoms with Gasteiger partial charge in [0.15, 0.2) is 0 Å². The number of benzene rings is 2. The van der Waals surface area contributed by atoms with Gasteiger partial charge in [-0.1, -0.05) is 13.0 Å². The van der Waals surface area contributed by atoms with Crippen LogP contribution in [-0.4, -0.2) is 39.3 Å². The van der Waals surface area contributed by atoms with Crippen LogP contribution in [0.2, 0.25) is 0 Å². The van der Waals surface area contributed by atoms with Gasteiger partial charge in [-0.05, 0) is 79.3 Å². The Morgan fingerprint density at radius 1 is 1.12 bits per heavy atom. The van der Waals surface area contributed by atoms with Crippen molar-refractivity contribution >= 4 is 28.1 Å². The SMILES string of the molecule is CCCN1CC2CCc3cc(NS(=O)(=O)c4ccc(OC(F)(F)F)cc4)ccc3C2C1.Cl. The van der Waals surface area contributed by atoms with Gasteiger partial charge in [0.25, 0.3) is 10.0 Å². The first kappa shape index (κ1) is 24.7. The lowest BCUT2D eigenvalue weighted by Crippen LogP contribution is -2.21. The summed E-state index contributed by atoms with van der Waals surface area (Å²) in [7, 11) is -3.93. The molecule has 2 unspecified atom stereocenters. The number of fused-ring (bicyclic) bond motifs is 3. The van der Waals surface area contributed by atoms with Gasteiger partial charge >= 0.3 is 6.36 Å². The molecule has 0 radical (unpaired) electrons. The van der Waals surface area contributed by atoms with Crippen LogP contribution in [0, 0.1) is 5.92 Å². The normalized spacial score (nSPS) is 20.8. The zero-order chi connectivity index (χ0) is 22.2. The highest BCUT2D eigenvalue weighted by Crippen LogP contribution is 2.42. The molecular weight excluding hydrogens is 465 g/mol. The number of sulfonamides is 1. The van der Waals surface area contributed by atoms with Gasteiger partial charge < -0.3 is 9.64 Å². The number of nitrogens with one attached hydrogen (secondary N) is 1. The predicted molar refractivity (Wildman–Crippen MR) is 119 cm³/mol. The van der Waals surface area contributed by atoms with E-state index in [1.807, 2.05) is 12.1 Å². The second-order valence-corrected chi connectivity index (χ2v) is 9.89. The molecule has 0 bridgehead atoms. The van der Waals surface area contributed by atoms with E-state index in [4.69, 9.17) is 0 Å². The van der Waals surface area contributed by atoms with Crippen molar-refractivity contribution in [1.29, 1.82) is 0 Å². The van der Waals surface area contributed by atoms with Crippen LogP contribution in [0.1, 0.15) is 36.8 Å². The fourth-order valence-electron chi connectivity index (χ4n) is 4.73. The minimum Gasteiger partial charge on any atom is -0.406 e. The molecule has 0 aromatic heterocycles. The van der Waals surface area contributed by atoms with Crippen molar-refractivity contribution in [3.8, 4) is 5.75 Å². The smallest absolute Gasteiger partial charge is 0.406 e. The van der Waals surface area contributed by atoms with E-state index in [-0.39, 0.29) is 17.3 Å². The molecule has 2 aromatic rings. The maximum absolute atomic E-state index is 12.7. The van der Waals surface area contributed by atoms with E-state index in [1.54, 1.807) is 6.07 Å². The molecule has 1 fully saturated rings. The molecule has 1 saturated heterocycles. The summed E-state index contributed by atoms with van der Waals surface area (Å²) in [4.78, 5) is 2.37. The Kier molecular flexibility index (Phi) is 7.31. The number of nitrogens with zero attached hydrogens (tertiary/aromatic N) is 1. The van der Waals surface area contributed by atoms with Crippen molar-refractivity contribution in [3.63, 3.8) is 0 Å².